The fourth-order valence-electron chi connectivity index (χ4n) is 5.82. The van der Waals surface area contributed by atoms with E-state index >= 15 is 0 Å². The Labute approximate surface area is 216 Å². The molecule has 0 N–H and O–H groups in total. The Morgan fingerprint density at radius 2 is 1.47 bits per heavy atom. The summed E-state index contributed by atoms with van der Waals surface area (Å²) in [4.78, 5) is 45.0. The van der Waals surface area contributed by atoms with Crippen LogP contribution in [0.4, 0.5) is 5.69 Å². The Kier molecular flexibility index (Phi) is 6.44. The van der Waals surface area contributed by atoms with E-state index in [0.29, 0.717) is 16.3 Å². The fourth-order valence-corrected chi connectivity index (χ4v) is 5.95. The van der Waals surface area contributed by atoms with E-state index in [-0.39, 0.29) is 23.6 Å². The number of halogens is 1. The smallest absolute Gasteiger partial charge is 0.254 e. The normalized spacial score (nSPS) is 23.5. The van der Waals surface area contributed by atoms with Crippen LogP contribution in [0.25, 0.3) is 0 Å². The summed E-state index contributed by atoms with van der Waals surface area (Å²) in [6.45, 7) is 6.09. The Hall–Kier alpha value is -3.44. The van der Waals surface area contributed by atoms with Crippen LogP contribution in [-0.2, 0) is 16.0 Å². The molecule has 5 rings (SSSR count). The monoisotopic (exact) mass is 500 g/mol. The van der Waals surface area contributed by atoms with Gasteiger partial charge in [0.25, 0.3) is 5.91 Å². The molecule has 2 saturated heterocycles. The highest BCUT2D eigenvalue weighted by Gasteiger charge is 2.64. The third kappa shape index (κ3) is 3.92. The number of hydrogen-bond acceptors (Lipinski definition) is 3. The Morgan fingerprint density at radius 3 is 2.06 bits per heavy atom. The molecule has 0 aromatic heterocycles. The van der Waals surface area contributed by atoms with Gasteiger partial charge in [0.2, 0.25) is 11.8 Å². The standard InChI is InChI=1S/C30H29ClN2O3/c1-4-19-10-12-21(13-11-19)28(34)33-26(18(2)3)24-25(27(33)20-14-16-22(31)17-15-20)30(36)32(29(24)35)23-8-6-5-7-9-23/h5-18,24-27H,4H2,1-3H3. The number of rotatable bonds is 5. The molecule has 2 aliphatic rings. The number of nitrogens with zero attached hydrogens (tertiary/aromatic N) is 2. The summed E-state index contributed by atoms with van der Waals surface area (Å²) < 4.78 is 0. The molecule has 3 amide bonds. The van der Waals surface area contributed by atoms with Crippen LogP contribution in [0.2, 0.25) is 5.02 Å². The van der Waals surface area contributed by atoms with E-state index in [2.05, 4.69) is 6.92 Å². The molecule has 36 heavy (non-hydrogen) atoms. The zero-order valence-electron chi connectivity index (χ0n) is 20.6. The van der Waals surface area contributed by atoms with Gasteiger partial charge >= 0.3 is 0 Å². The minimum absolute atomic E-state index is 0.0406. The predicted octanol–water partition coefficient (Wildman–Crippen LogP) is 5.93. The summed E-state index contributed by atoms with van der Waals surface area (Å²) in [5.74, 6) is -2.02. The van der Waals surface area contributed by atoms with Gasteiger partial charge in [0.15, 0.2) is 0 Å². The van der Waals surface area contributed by atoms with Gasteiger partial charge in [-0.15, -0.1) is 0 Å². The van der Waals surface area contributed by atoms with E-state index in [9.17, 15) is 14.4 Å². The molecular formula is C30H29ClN2O3. The largest absolute Gasteiger partial charge is 0.327 e. The van der Waals surface area contributed by atoms with E-state index < -0.39 is 23.9 Å². The number of likely N-dealkylation sites (tertiary alicyclic amines) is 1. The van der Waals surface area contributed by atoms with Crippen molar-refractivity contribution < 1.29 is 14.4 Å². The molecule has 5 nitrogen and oxygen atoms in total. The van der Waals surface area contributed by atoms with Crippen molar-refractivity contribution in [3.63, 3.8) is 0 Å². The van der Waals surface area contributed by atoms with E-state index in [1.165, 1.54) is 4.90 Å². The minimum Gasteiger partial charge on any atom is -0.327 e. The zero-order chi connectivity index (χ0) is 25.6. The highest BCUT2D eigenvalue weighted by atomic mass is 35.5. The van der Waals surface area contributed by atoms with Crippen molar-refractivity contribution in [3.8, 4) is 0 Å². The topological polar surface area (TPSA) is 57.7 Å². The maximum atomic E-state index is 14.1. The van der Waals surface area contributed by atoms with Gasteiger partial charge in [0.1, 0.15) is 0 Å². The number of para-hydroxylation sites is 1. The van der Waals surface area contributed by atoms with Crippen molar-refractivity contribution in [2.24, 2.45) is 17.8 Å². The van der Waals surface area contributed by atoms with Crippen LogP contribution in [-0.4, -0.2) is 28.7 Å². The average Bonchev–Trinajstić information content (AvgIpc) is 3.37. The van der Waals surface area contributed by atoms with E-state index in [1.54, 1.807) is 29.2 Å². The van der Waals surface area contributed by atoms with Gasteiger partial charge in [-0.2, -0.15) is 0 Å². The number of carbonyl (C=O) groups excluding carboxylic acids is 3. The molecule has 184 valence electrons. The first-order chi connectivity index (χ1) is 17.3. The summed E-state index contributed by atoms with van der Waals surface area (Å²) in [5.41, 5.74) is 3.05. The molecule has 2 heterocycles. The molecule has 0 bridgehead atoms. The second-order valence-corrected chi connectivity index (χ2v) is 10.3. The maximum absolute atomic E-state index is 14.1. The number of anilines is 1. The summed E-state index contributed by atoms with van der Waals surface area (Å²) in [7, 11) is 0. The molecule has 4 atom stereocenters. The van der Waals surface area contributed by atoms with Crippen LogP contribution in [0.5, 0.6) is 0 Å². The molecular weight excluding hydrogens is 472 g/mol. The summed E-state index contributed by atoms with van der Waals surface area (Å²) in [6.07, 6.45) is 0.878. The maximum Gasteiger partial charge on any atom is 0.254 e. The second kappa shape index (κ2) is 9.55. The lowest BCUT2D eigenvalue weighted by Crippen LogP contribution is -2.47. The number of aryl methyl sites for hydroxylation is 1. The number of amides is 3. The quantitative estimate of drug-likeness (QED) is 0.408. The number of carbonyl (C=O) groups is 3. The molecule has 4 unspecified atom stereocenters. The Morgan fingerprint density at radius 1 is 0.861 bits per heavy atom. The van der Waals surface area contributed by atoms with Gasteiger partial charge in [0, 0.05) is 16.6 Å². The van der Waals surface area contributed by atoms with Gasteiger partial charge in [-0.3, -0.25) is 14.4 Å². The molecule has 3 aromatic carbocycles. The zero-order valence-corrected chi connectivity index (χ0v) is 21.4. The molecule has 0 radical (unpaired) electrons. The van der Waals surface area contributed by atoms with Gasteiger partial charge in [0.05, 0.1) is 23.6 Å². The Balaban J connectivity index is 1.65. The van der Waals surface area contributed by atoms with Crippen LogP contribution in [0.1, 0.15) is 48.3 Å². The average molecular weight is 501 g/mol. The van der Waals surface area contributed by atoms with Crippen LogP contribution < -0.4 is 4.90 Å². The van der Waals surface area contributed by atoms with Gasteiger partial charge < -0.3 is 4.90 Å². The van der Waals surface area contributed by atoms with Gasteiger partial charge in [-0.1, -0.05) is 74.8 Å². The second-order valence-electron chi connectivity index (χ2n) is 9.89. The van der Waals surface area contributed by atoms with Gasteiger partial charge in [-0.05, 0) is 59.9 Å². The lowest BCUT2D eigenvalue weighted by atomic mass is 9.83. The summed E-state index contributed by atoms with van der Waals surface area (Å²) in [6, 6.07) is 22.9. The van der Waals surface area contributed by atoms with E-state index in [4.69, 9.17) is 11.6 Å². The first-order valence-electron chi connectivity index (χ1n) is 12.4. The van der Waals surface area contributed by atoms with Crippen molar-refractivity contribution in [1.82, 2.24) is 4.90 Å². The van der Waals surface area contributed by atoms with Crippen molar-refractivity contribution in [2.45, 2.75) is 39.3 Å². The molecule has 2 aliphatic heterocycles. The molecule has 0 saturated carbocycles. The van der Waals surface area contributed by atoms with Crippen LogP contribution in [0, 0.1) is 17.8 Å². The Bertz CT molecular complexity index is 1290. The minimum atomic E-state index is -0.676. The lowest BCUT2D eigenvalue weighted by Gasteiger charge is -2.36. The van der Waals surface area contributed by atoms with Crippen LogP contribution in [0.3, 0.4) is 0 Å². The van der Waals surface area contributed by atoms with Crippen LogP contribution >= 0.6 is 11.6 Å². The number of fused-ring (bicyclic) bond motifs is 1. The molecule has 0 aliphatic carbocycles. The third-order valence-electron chi connectivity index (χ3n) is 7.48. The van der Waals surface area contributed by atoms with Crippen molar-refractivity contribution in [1.29, 1.82) is 0 Å². The van der Waals surface area contributed by atoms with Gasteiger partial charge in [-0.25, -0.2) is 4.90 Å². The highest BCUT2D eigenvalue weighted by Crippen LogP contribution is 2.53. The summed E-state index contributed by atoms with van der Waals surface area (Å²) >= 11 is 6.18. The first kappa shape index (κ1) is 24.3. The number of hydrogen-bond donors (Lipinski definition) is 0. The van der Waals surface area contributed by atoms with Crippen molar-refractivity contribution in [2.75, 3.05) is 4.90 Å². The third-order valence-corrected chi connectivity index (χ3v) is 7.73. The number of imide groups is 1. The highest BCUT2D eigenvalue weighted by molar-refractivity contribution is 6.30. The summed E-state index contributed by atoms with van der Waals surface area (Å²) in [5, 5.41) is 0.571. The van der Waals surface area contributed by atoms with E-state index in [1.807, 2.05) is 68.4 Å². The molecule has 3 aromatic rings. The molecule has 0 spiro atoms. The SMILES string of the molecule is CCc1ccc(C(=O)N2C(c3ccc(Cl)cc3)C3C(=O)N(c4ccccc4)C(=O)C3C2C(C)C)cc1. The van der Waals surface area contributed by atoms with Crippen molar-refractivity contribution >= 4 is 35.0 Å². The van der Waals surface area contributed by atoms with Crippen molar-refractivity contribution in [3.05, 3.63) is 101 Å². The lowest BCUT2D eigenvalue weighted by molar-refractivity contribution is -0.124. The first-order valence-corrected chi connectivity index (χ1v) is 12.8. The predicted molar refractivity (Wildman–Crippen MR) is 141 cm³/mol. The van der Waals surface area contributed by atoms with Crippen LogP contribution in [0.15, 0.2) is 78.9 Å². The number of benzene rings is 3. The molecule has 6 heteroatoms. The molecule has 2 fully saturated rings. The fraction of sp³-hybridized carbons (Fsp3) is 0.300. The van der Waals surface area contributed by atoms with E-state index in [0.717, 1.165) is 17.5 Å².